The van der Waals surface area contributed by atoms with E-state index in [1.165, 1.54) is 15.8 Å². The van der Waals surface area contributed by atoms with E-state index >= 15 is 0 Å². The maximum absolute atomic E-state index is 13.0. The largest absolute Gasteiger partial charge is 0.356 e. The summed E-state index contributed by atoms with van der Waals surface area (Å²) in [5.74, 6) is 1.14. The molecule has 0 aliphatic carbocycles. The van der Waals surface area contributed by atoms with Crippen LogP contribution in [0.4, 0.5) is 11.5 Å². The van der Waals surface area contributed by atoms with E-state index < -0.39 is 0 Å². The number of nitrogens with one attached hydrogen (secondary N) is 1. The Hall–Kier alpha value is -2.99. The van der Waals surface area contributed by atoms with E-state index in [-0.39, 0.29) is 11.8 Å². The molecule has 0 radical (unpaired) electrons. The fourth-order valence-electron chi connectivity index (χ4n) is 4.33. The van der Waals surface area contributed by atoms with Crippen LogP contribution in [0.25, 0.3) is 21.0 Å². The molecular weight excluding hydrogens is 392 g/mol. The molecule has 5 rings (SSSR count). The summed E-state index contributed by atoms with van der Waals surface area (Å²) in [6, 6.07) is 14.2. The molecule has 0 spiro atoms. The lowest BCUT2D eigenvalue weighted by Gasteiger charge is -2.32. The molecule has 1 aliphatic heterocycles. The third kappa shape index (κ3) is 3.31. The molecule has 2 aromatic heterocycles. The molecule has 152 valence electrons. The third-order valence-electron chi connectivity index (χ3n) is 6.16. The smallest absolute Gasteiger partial charge is 0.227 e. The highest BCUT2D eigenvalue weighted by Crippen LogP contribution is 2.35. The van der Waals surface area contributed by atoms with Gasteiger partial charge in [0.05, 0.1) is 5.39 Å². The minimum absolute atomic E-state index is 0.0165. The van der Waals surface area contributed by atoms with Gasteiger partial charge in [0.15, 0.2) is 0 Å². The Morgan fingerprint density at radius 3 is 2.67 bits per heavy atom. The van der Waals surface area contributed by atoms with Gasteiger partial charge in [0, 0.05) is 35.0 Å². The predicted octanol–water partition coefficient (Wildman–Crippen LogP) is 5.32. The maximum atomic E-state index is 13.0. The van der Waals surface area contributed by atoms with Crippen LogP contribution in [-0.4, -0.2) is 29.0 Å². The van der Waals surface area contributed by atoms with Gasteiger partial charge in [-0.05, 0) is 43.7 Å². The van der Waals surface area contributed by atoms with Crippen molar-refractivity contribution in [1.29, 1.82) is 0 Å². The number of hydrogen-bond acceptors (Lipinski definition) is 5. The Kier molecular flexibility index (Phi) is 4.87. The van der Waals surface area contributed by atoms with E-state index in [2.05, 4.69) is 52.2 Å². The van der Waals surface area contributed by atoms with E-state index in [9.17, 15) is 4.79 Å². The zero-order valence-corrected chi connectivity index (χ0v) is 18.0. The average molecular weight is 417 g/mol. The summed E-state index contributed by atoms with van der Waals surface area (Å²) >= 11 is 1.72. The molecule has 1 amide bonds. The Balaban J connectivity index is 1.31. The van der Waals surface area contributed by atoms with Gasteiger partial charge in [0.2, 0.25) is 5.91 Å². The summed E-state index contributed by atoms with van der Waals surface area (Å²) in [6.45, 7) is 5.93. The summed E-state index contributed by atoms with van der Waals surface area (Å²) in [5, 5.41) is 6.55. The van der Waals surface area contributed by atoms with Crippen molar-refractivity contribution < 1.29 is 4.79 Å². The van der Waals surface area contributed by atoms with Crippen LogP contribution in [0.15, 0.2) is 48.8 Å². The first-order valence-electron chi connectivity index (χ1n) is 10.4. The molecule has 1 fully saturated rings. The summed E-state index contributed by atoms with van der Waals surface area (Å²) in [5.41, 5.74) is 2.16. The number of rotatable bonds is 3. The first kappa shape index (κ1) is 19.0. The third-order valence-corrected chi connectivity index (χ3v) is 7.27. The highest BCUT2D eigenvalue weighted by molar-refractivity contribution is 7.18. The SMILES string of the molecule is Cc1sc2ncnc(N3CCC(C(=O)Nc4cccc5ccccc45)CC3)c2c1C. The number of amides is 1. The minimum Gasteiger partial charge on any atom is -0.356 e. The van der Waals surface area contributed by atoms with Crippen LogP contribution in [0.1, 0.15) is 23.3 Å². The number of nitrogens with zero attached hydrogens (tertiary/aromatic N) is 3. The van der Waals surface area contributed by atoms with Crippen LogP contribution in [0.5, 0.6) is 0 Å². The number of benzene rings is 2. The number of carbonyl (C=O) groups excluding carboxylic acids is 1. The van der Waals surface area contributed by atoms with E-state index in [1.54, 1.807) is 17.7 Å². The van der Waals surface area contributed by atoms with Gasteiger partial charge in [-0.25, -0.2) is 9.97 Å². The predicted molar refractivity (Wildman–Crippen MR) is 124 cm³/mol. The number of fused-ring (bicyclic) bond motifs is 2. The second-order valence-corrected chi connectivity index (χ2v) is 9.14. The van der Waals surface area contributed by atoms with Crippen LogP contribution in [0, 0.1) is 19.8 Å². The van der Waals surface area contributed by atoms with Crippen molar-refractivity contribution in [3.63, 3.8) is 0 Å². The number of thiophene rings is 1. The Morgan fingerprint density at radius 2 is 1.83 bits per heavy atom. The highest BCUT2D eigenvalue weighted by atomic mass is 32.1. The van der Waals surface area contributed by atoms with Crippen molar-refractivity contribution in [3.05, 3.63) is 59.2 Å². The first-order chi connectivity index (χ1) is 14.6. The number of hydrogen-bond donors (Lipinski definition) is 1. The number of anilines is 2. The maximum Gasteiger partial charge on any atom is 0.227 e. The lowest BCUT2D eigenvalue weighted by atomic mass is 9.95. The molecule has 0 atom stereocenters. The normalized spacial score (nSPS) is 15.1. The monoisotopic (exact) mass is 416 g/mol. The van der Waals surface area contributed by atoms with Gasteiger partial charge in [-0.3, -0.25) is 4.79 Å². The molecule has 30 heavy (non-hydrogen) atoms. The van der Waals surface area contributed by atoms with Gasteiger partial charge in [-0.15, -0.1) is 11.3 Å². The Bertz CT molecular complexity index is 1240. The topological polar surface area (TPSA) is 58.1 Å². The van der Waals surface area contributed by atoms with Crippen LogP contribution >= 0.6 is 11.3 Å². The number of carbonyl (C=O) groups is 1. The van der Waals surface area contributed by atoms with Crippen molar-refractivity contribution in [2.45, 2.75) is 26.7 Å². The second kappa shape index (κ2) is 7.69. The van der Waals surface area contributed by atoms with Crippen LogP contribution < -0.4 is 10.2 Å². The molecule has 4 aromatic rings. The fourth-order valence-corrected chi connectivity index (χ4v) is 5.32. The van der Waals surface area contributed by atoms with Gasteiger partial charge in [0.25, 0.3) is 0 Å². The van der Waals surface area contributed by atoms with Crippen molar-refractivity contribution in [2.24, 2.45) is 5.92 Å². The molecule has 0 saturated carbocycles. The number of aromatic nitrogens is 2. The van der Waals surface area contributed by atoms with Gasteiger partial charge < -0.3 is 10.2 Å². The fraction of sp³-hybridized carbons (Fsp3) is 0.292. The van der Waals surface area contributed by atoms with E-state index in [0.717, 1.165) is 53.0 Å². The van der Waals surface area contributed by atoms with Gasteiger partial charge >= 0.3 is 0 Å². The lowest BCUT2D eigenvalue weighted by Crippen LogP contribution is -2.38. The van der Waals surface area contributed by atoms with E-state index in [4.69, 9.17) is 0 Å². The highest BCUT2D eigenvalue weighted by Gasteiger charge is 2.27. The van der Waals surface area contributed by atoms with E-state index in [0.29, 0.717) is 0 Å². The molecular formula is C24H24N4OS. The quantitative estimate of drug-likeness (QED) is 0.491. The van der Waals surface area contributed by atoms with Crippen LogP contribution in [-0.2, 0) is 4.79 Å². The Morgan fingerprint density at radius 1 is 1.07 bits per heavy atom. The zero-order chi connectivity index (χ0) is 20.7. The van der Waals surface area contributed by atoms with Crippen molar-refractivity contribution in [2.75, 3.05) is 23.3 Å². The molecule has 1 aliphatic rings. The summed E-state index contributed by atoms with van der Waals surface area (Å²) in [6.07, 6.45) is 3.31. The van der Waals surface area contributed by atoms with E-state index in [1.807, 2.05) is 24.3 Å². The average Bonchev–Trinajstić information content (AvgIpc) is 3.08. The van der Waals surface area contributed by atoms with Crippen LogP contribution in [0.2, 0.25) is 0 Å². The molecule has 2 aromatic carbocycles. The standard InChI is InChI=1S/C24H24N4OS/c1-15-16(2)30-24-21(15)22(25-14-26-24)28-12-10-18(11-13-28)23(29)27-20-9-5-7-17-6-3-4-8-19(17)20/h3-9,14,18H,10-13H2,1-2H3,(H,27,29). The summed E-state index contributed by atoms with van der Waals surface area (Å²) in [4.78, 5) is 26.7. The first-order valence-corrected chi connectivity index (χ1v) is 11.2. The molecule has 5 nitrogen and oxygen atoms in total. The number of piperidine rings is 1. The minimum atomic E-state index is 0.0165. The molecule has 3 heterocycles. The molecule has 1 saturated heterocycles. The molecule has 6 heteroatoms. The lowest BCUT2D eigenvalue weighted by molar-refractivity contribution is -0.120. The number of aryl methyl sites for hydroxylation is 2. The summed E-state index contributed by atoms with van der Waals surface area (Å²) < 4.78 is 0. The Labute approximate surface area is 179 Å². The van der Waals surface area contributed by atoms with Gasteiger partial charge in [0.1, 0.15) is 17.0 Å². The molecule has 0 unspecified atom stereocenters. The second-order valence-electron chi connectivity index (χ2n) is 7.94. The van der Waals surface area contributed by atoms with Crippen molar-refractivity contribution >= 4 is 49.7 Å². The molecule has 0 bridgehead atoms. The van der Waals surface area contributed by atoms with Gasteiger partial charge in [-0.1, -0.05) is 36.4 Å². The summed E-state index contributed by atoms with van der Waals surface area (Å²) in [7, 11) is 0. The van der Waals surface area contributed by atoms with Crippen molar-refractivity contribution in [1.82, 2.24) is 9.97 Å². The zero-order valence-electron chi connectivity index (χ0n) is 17.2. The molecule has 1 N–H and O–H groups in total. The van der Waals surface area contributed by atoms with Crippen LogP contribution in [0.3, 0.4) is 0 Å². The van der Waals surface area contributed by atoms with Crippen molar-refractivity contribution in [3.8, 4) is 0 Å². The van der Waals surface area contributed by atoms with Gasteiger partial charge in [-0.2, -0.15) is 0 Å².